The van der Waals surface area contributed by atoms with Crippen LogP contribution in [0.25, 0.3) is 0 Å². The van der Waals surface area contributed by atoms with Gasteiger partial charge in [0.05, 0.1) is 30.7 Å². The molecular weight excluding hydrogens is 378 g/mol. The van der Waals surface area contributed by atoms with Crippen LogP contribution in [0.5, 0.6) is 0 Å². The van der Waals surface area contributed by atoms with Crippen molar-refractivity contribution in [1.29, 1.82) is 0 Å². The van der Waals surface area contributed by atoms with Crippen molar-refractivity contribution in [2.75, 3.05) is 29.0 Å². The van der Waals surface area contributed by atoms with E-state index >= 15 is 0 Å². The lowest BCUT2D eigenvalue weighted by molar-refractivity contribution is -0.139. The number of nitrogens with one attached hydrogen (secondary N) is 1. The first-order chi connectivity index (χ1) is 12.4. The second-order valence-electron chi connectivity index (χ2n) is 5.64. The van der Waals surface area contributed by atoms with Crippen LogP contribution in [0.1, 0.15) is 22.5 Å². The maximum Gasteiger partial charge on any atom is 0.311 e. The summed E-state index contributed by atoms with van der Waals surface area (Å²) >= 11 is 1.21. The molecule has 138 valence electrons. The number of esters is 1. The highest BCUT2D eigenvalue weighted by Crippen LogP contribution is 2.24. The lowest BCUT2D eigenvalue weighted by Gasteiger charge is -2.16. The Morgan fingerprint density at radius 2 is 2.04 bits per heavy atom. The van der Waals surface area contributed by atoms with Gasteiger partial charge in [-0.15, -0.1) is 11.3 Å². The molecular formula is C16H17N3O5S2. The van der Waals surface area contributed by atoms with Crippen LogP contribution in [0.15, 0.2) is 29.6 Å². The van der Waals surface area contributed by atoms with E-state index in [9.17, 15) is 18.0 Å². The van der Waals surface area contributed by atoms with Crippen molar-refractivity contribution >= 4 is 44.1 Å². The standard InChI is InChI=1S/C16H17N3O5S2/c1-24-14(20)9-12-10-25-16(17-12)18-15(21)11-3-5-13(6-4-11)19-7-2-8-26(19,22)23/h3-6,10H,2,7-9H2,1H3,(H,17,18,21). The number of benzene rings is 1. The summed E-state index contributed by atoms with van der Waals surface area (Å²) in [5.74, 6) is -0.617. The fourth-order valence-electron chi connectivity index (χ4n) is 2.54. The van der Waals surface area contributed by atoms with Gasteiger partial charge in [0.15, 0.2) is 5.13 Å². The predicted octanol–water partition coefficient (Wildman–Crippen LogP) is 1.65. The quantitative estimate of drug-likeness (QED) is 0.772. The van der Waals surface area contributed by atoms with Crippen LogP contribution in [0.4, 0.5) is 10.8 Å². The van der Waals surface area contributed by atoms with Crippen molar-refractivity contribution in [1.82, 2.24) is 4.98 Å². The molecule has 1 saturated heterocycles. The average molecular weight is 395 g/mol. The number of carbonyl (C=O) groups is 2. The van der Waals surface area contributed by atoms with Crippen molar-refractivity contribution in [3.8, 4) is 0 Å². The van der Waals surface area contributed by atoms with E-state index in [4.69, 9.17) is 0 Å². The van der Waals surface area contributed by atoms with E-state index in [0.29, 0.717) is 35.0 Å². The van der Waals surface area contributed by atoms with E-state index < -0.39 is 16.0 Å². The van der Waals surface area contributed by atoms with E-state index in [0.717, 1.165) is 0 Å². The van der Waals surface area contributed by atoms with E-state index in [-0.39, 0.29) is 18.1 Å². The van der Waals surface area contributed by atoms with Gasteiger partial charge in [0.25, 0.3) is 5.91 Å². The molecule has 1 aromatic heterocycles. The summed E-state index contributed by atoms with van der Waals surface area (Å²) in [6, 6.07) is 6.37. The Hall–Kier alpha value is -2.46. The lowest BCUT2D eigenvalue weighted by Crippen LogP contribution is -2.25. The minimum atomic E-state index is -3.24. The lowest BCUT2D eigenvalue weighted by atomic mass is 10.2. The zero-order valence-corrected chi connectivity index (χ0v) is 15.6. The summed E-state index contributed by atoms with van der Waals surface area (Å²) in [4.78, 5) is 27.7. The number of amides is 1. The molecule has 0 spiro atoms. The maximum absolute atomic E-state index is 12.3. The summed E-state index contributed by atoms with van der Waals surface area (Å²) in [5, 5.41) is 4.71. The monoisotopic (exact) mass is 395 g/mol. The van der Waals surface area contributed by atoms with Gasteiger partial charge >= 0.3 is 5.97 Å². The maximum atomic E-state index is 12.3. The minimum absolute atomic E-state index is 0.0435. The summed E-state index contributed by atoms with van der Waals surface area (Å²) in [6.45, 7) is 0.454. The highest BCUT2D eigenvalue weighted by atomic mass is 32.2. The normalized spacial score (nSPS) is 15.7. The average Bonchev–Trinajstić information content (AvgIpc) is 3.20. The molecule has 0 atom stereocenters. The Morgan fingerprint density at radius 3 is 2.65 bits per heavy atom. The molecule has 2 aromatic rings. The molecule has 1 aromatic carbocycles. The van der Waals surface area contributed by atoms with E-state index in [1.807, 2.05) is 0 Å². The molecule has 0 unspecified atom stereocenters. The van der Waals surface area contributed by atoms with Gasteiger partial charge in [-0.1, -0.05) is 0 Å². The van der Waals surface area contributed by atoms with Crippen LogP contribution in [-0.2, 0) is 26.0 Å². The Labute approximate surface area is 154 Å². The van der Waals surface area contributed by atoms with Gasteiger partial charge in [-0.2, -0.15) is 0 Å². The number of aromatic nitrogens is 1. The molecule has 10 heteroatoms. The molecule has 0 bridgehead atoms. The Balaban J connectivity index is 1.66. The highest BCUT2D eigenvalue weighted by molar-refractivity contribution is 7.93. The van der Waals surface area contributed by atoms with Crippen molar-refractivity contribution in [3.05, 3.63) is 40.9 Å². The van der Waals surface area contributed by atoms with E-state index in [1.54, 1.807) is 29.6 Å². The van der Waals surface area contributed by atoms with Gasteiger partial charge in [-0.3, -0.25) is 19.2 Å². The van der Waals surface area contributed by atoms with E-state index in [2.05, 4.69) is 15.0 Å². The third-order valence-electron chi connectivity index (χ3n) is 3.84. The Morgan fingerprint density at radius 1 is 1.31 bits per heavy atom. The van der Waals surface area contributed by atoms with Gasteiger partial charge in [-0.05, 0) is 30.7 Å². The van der Waals surface area contributed by atoms with Crippen LogP contribution < -0.4 is 9.62 Å². The number of anilines is 2. The number of hydrogen-bond donors (Lipinski definition) is 1. The first-order valence-corrected chi connectivity index (χ1v) is 10.3. The molecule has 8 nitrogen and oxygen atoms in total. The summed E-state index contributed by atoms with van der Waals surface area (Å²) in [5.41, 5.74) is 1.45. The van der Waals surface area contributed by atoms with Gasteiger partial charge in [0.1, 0.15) is 0 Å². The van der Waals surface area contributed by atoms with Gasteiger partial charge in [0.2, 0.25) is 10.0 Å². The first-order valence-electron chi connectivity index (χ1n) is 7.82. The Kier molecular flexibility index (Phi) is 5.23. The third kappa shape index (κ3) is 4.02. The molecule has 1 N–H and O–H groups in total. The number of hydrogen-bond acceptors (Lipinski definition) is 7. The number of sulfonamides is 1. The second kappa shape index (κ2) is 7.42. The molecule has 1 amide bonds. The summed E-state index contributed by atoms with van der Waals surface area (Å²) in [6.07, 6.45) is 0.643. The molecule has 1 aliphatic heterocycles. The molecule has 0 saturated carbocycles. The summed E-state index contributed by atoms with van der Waals surface area (Å²) < 4.78 is 29.8. The van der Waals surface area contributed by atoms with E-state index in [1.165, 1.54) is 22.8 Å². The zero-order valence-electron chi connectivity index (χ0n) is 14.0. The Bertz CT molecular complexity index is 922. The fourth-order valence-corrected chi connectivity index (χ4v) is 4.81. The van der Waals surface area contributed by atoms with Crippen LogP contribution in [0, 0.1) is 0 Å². The number of nitrogens with zero attached hydrogens (tertiary/aromatic N) is 2. The number of thiazole rings is 1. The van der Waals surface area contributed by atoms with Crippen LogP contribution in [-0.4, -0.2) is 44.7 Å². The summed E-state index contributed by atoms with van der Waals surface area (Å²) in [7, 11) is -1.94. The van der Waals surface area contributed by atoms with Crippen molar-refractivity contribution in [2.24, 2.45) is 0 Å². The van der Waals surface area contributed by atoms with Crippen LogP contribution in [0.2, 0.25) is 0 Å². The highest BCUT2D eigenvalue weighted by Gasteiger charge is 2.28. The van der Waals surface area contributed by atoms with Gasteiger partial charge < -0.3 is 4.74 Å². The molecule has 1 fully saturated rings. The van der Waals surface area contributed by atoms with Crippen molar-refractivity contribution < 1.29 is 22.7 Å². The SMILES string of the molecule is COC(=O)Cc1csc(NC(=O)c2ccc(N3CCCS3(=O)=O)cc2)n1. The molecule has 0 aliphatic carbocycles. The van der Waals surface area contributed by atoms with Crippen LogP contribution >= 0.6 is 11.3 Å². The molecule has 0 radical (unpaired) electrons. The minimum Gasteiger partial charge on any atom is -0.469 e. The third-order valence-corrected chi connectivity index (χ3v) is 6.52. The topological polar surface area (TPSA) is 106 Å². The predicted molar refractivity (Wildman–Crippen MR) is 98.0 cm³/mol. The molecule has 2 heterocycles. The molecule has 26 heavy (non-hydrogen) atoms. The van der Waals surface area contributed by atoms with Crippen molar-refractivity contribution in [2.45, 2.75) is 12.8 Å². The number of methoxy groups -OCH3 is 1. The van der Waals surface area contributed by atoms with Gasteiger partial charge in [0, 0.05) is 17.5 Å². The largest absolute Gasteiger partial charge is 0.469 e. The van der Waals surface area contributed by atoms with Crippen LogP contribution in [0.3, 0.4) is 0 Å². The smallest absolute Gasteiger partial charge is 0.311 e. The first kappa shape index (κ1) is 18.3. The van der Waals surface area contributed by atoms with Crippen molar-refractivity contribution in [3.63, 3.8) is 0 Å². The second-order valence-corrected chi connectivity index (χ2v) is 8.51. The zero-order chi connectivity index (χ0) is 18.7. The fraction of sp³-hybridized carbons (Fsp3) is 0.312. The number of ether oxygens (including phenoxy) is 1. The van der Waals surface area contributed by atoms with Gasteiger partial charge in [-0.25, -0.2) is 13.4 Å². The molecule has 3 rings (SSSR count). The molecule has 1 aliphatic rings. The number of rotatable bonds is 5. The number of carbonyl (C=O) groups excluding carboxylic acids is 2.